The van der Waals surface area contributed by atoms with Gasteiger partial charge in [0.1, 0.15) is 0 Å². The Morgan fingerprint density at radius 3 is 2.06 bits per heavy atom. The first-order valence-electron chi connectivity index (χ1n) is 5.84. The maximum absolute atomic E-state index is 9.07. The van der Waals surface area contributed by atoms with Gasteiger partial charge < -0.3 is 9.31 Å². The van der Waals surface area contributed by atoms with Crippen LogP contribution in [0.25, 0.3) is 0 Å². The van der Waals surface area contributed by atoms with E-state index in [0.29, 0.717) is 5.56 Å². The molecule has 1 aromatic carbocycles. The first-order chi connectivity index (χ1) is 8.04. The fraction of sp³-hybridized carbons (Fsp3) is 0.462. The predicted molar refractivity (Wildman–Crippen MR) is 69.0 cm³/mol. The molecule has 0 radical (unpaired) electrons. The molecule has 0 spiro atoms. The Bertz CT molecular complexity index is 389. The lowest BCUT2D eigenvalue weighted by atomic mass is 9.75. The summed E-state index contributed by atoms with van der Waals surface area (Å²) in [6.45, 7) is 7.80. The molecule has 3 nitrogen and oxygen atoms in total. The third kappa shape index (κ3) is 4.22. The van der Waals surface area contributed by atoms with E-state index in [1.54, 1.807) is 6.07 Å². The molecule has 4 heteroatoms. The second kappa shape index (κ2) is 6.44. The molecule has 0 saturated heterocycles. The van der Waals surface area contributed by atoms with Gasteiger partial charge in [-0.1, -0.05) is 18.2 Å². The van der Waals surface area contributed by atoms with Crippen molar-refractivity contribution in [1.82, 2.24) is 0 Å². The van der Waals surface area contributed by atoms with Gasteiger partial charge in [0.15, 0.2) is 0 Å². The first kappa shape index (κ1) is 13.8. The molecule has 0 aliphatic carbocycles. The van der Waals surface area contributed by atoms with Crippen LogP contribution in [0.2, 0.25) is 0 Å². The number of hydrogen-bond donors (Lipinski definition) is 0. The molecule has 90 valence electrons. The van der Waals surface area contributed by atoms with Gasteiger partial charge >= 0.3 is 7.12 Å². The third-order valence-electron chi connectivity index (χ3n) is 2.13. The minimum Gasteiger partial charge on any atom is -0.405 e. The van der Waals surface area contributed by atoms with Gasteiger partial charge in [0.05, 0.1) is 11.6 Å². The van der Waals surface area contributed by atoms with Crippen LogP contribution in [0.3, 0.4) is 0 Å². The molecular formula is C13H18BNO2. The molecule has 0 unspecified atom stereocenters. The monoisotopic (exact) mass is 231 g/mol. The normalized spacial score (nSPS) is 10.6. The lowest BCUT2D eigenvalue weighted by Gasteiger charge is -2.20. The molecule has 0 amide bonds. The van der Waals surface area contributed by atoms with Gasteiger partial charge in [0, 0.05) is 17.7 Å². The van der Waals surface area contributed by atoms with Crippen molar-refractivity contribution < 1.29 is 9.31 Å². The minimum atomic E-state index is -0.481. The Morgan fingerprint density at radius 2 is 1.59 bits per heavy atom. The van der Waals surface area contributed by atoms with E-state index in [9.17, 15) is 0 Å². The zero-order chi connectivity index (χ0) is 12.8. The van der Waals surface area contributed by atoms with Crippen LogP contribution >= 0.6 is 0 Å². The van der Waals surface area contributed by atoms with E-state index in [-0.39, 0.29) is 12.2 Å². The van der Waals surface area contributed by atoms with E-state index in [0.717, 1.165) is 5.46 Å². The molecule has 17 heavy (non-hydrogen) atoms. The van der Waals surface area contributed by atoms with Crippen molar-refractivity contribution in [1.29, 1.82) is 5.26 Å². The molecule has 0 saturated carbocycles. The predicted octanol–water partition coefficient (Wildman–Crippen LogP) is 2.10. The number of rotatable bonds is 5. The van der Waals surface area contributed by atoms with Crippen molar-refractivity contribution in [3.05, 3.63) is 29.8 Å². The van der Waals surface area contributed by atoms with Crippen LogP contribution in [-0.4, -0.2) is 19.3 Å². The van der Waals surface area contributed by atoms with E-state index in [2.05, 4.69) is 6.07 Å². The summed E-state index contributed by atoms with van der Waals surface area (Å²) in [4.78, 5) is 0. The van der Waals surface area contributed by atoms with Crippen molar-refractivity contribution in [2.24, 2.45) is 0 Å². The summed E-state index contributed by atoms with van der Waals surface area (Å²) >= 11 is 0. The molecule has 0 aliphatic rings. The topological polar surface area (TPSA) is 42.2 Å². The van der Waals surface area contributed by atoms with Crippen LogP contribution in [0.5, 0.6) is 0 Å². The highest BCUT2D eigenvalue weighted by Crippen LogP contribution is 2.04. The van der Waals surface area contributed by atoms with Crippen molar-refractivity contribution in [2.45, 2.75) is 39.9 Å². The zero-order valence-corrected chi connectivity index (χ0v) is 10.8. The Kier molecular flexibility index (Phi) is 5.21. The molecule has 0 fully saturated rings. The zero-order valence-electron chi connectivity index (χ0n) is 10.8. The van der Waals surface area contributed by atoms with Gasteiger partial charge in [-0.05, 0) is 33.8 Å². The Hall–Kier alpha value is -1.31. The molecule has 0 heterocycles. The average molecular weight is 231 g/mol. The molecule has 1 rings (SSSR count). The average Bonchev–Trinajstić information content (AvgIpc) is 2.27. The second-order valence-electron chi connectivity index (χ2n) is 4.40. The van der Waals surface area contributed by atoms with E-state index < -0.39 is 7.12 Å². The number of nitriles is 1. The molecule has 0 N–H and O–H groups in total. The Labute approximate surface area is 103 Å². The summed E-state index contributed by atoms with van der Waals surface area (Å²) < 4.78 is 11.4. The maximum Gasteiger partial charge on any atom is 0.495 e. The van der Waals surface area contributed by atoms with E-state index in [1.807, 2.05) is 45.9 Å². The number of benzene rings is 1. The van der Waals surface area contributed by atoms with Gasteiger partial charge in [0.25, 0.3) is 0 Å². The molecule has 0 aliphatic heterocycles. The molecular weight excluding hydrogens is 213 g/mol. The Balaban J connectivity index is 2.99. The highest BCUT2D eigenvalue weighted by atomic mass is 16.6. The summed E-state index contributed by atoms with van der Waals surface area (Å²) in [6, 6.07) is 9.53. The summed E-state index contributed by atoms with van der Waals surface area (Å²) in [5.41, 5.74) is 1.39. The highest BCUT2D eigenvalue weighted by molar-refractivity contribution is 6.62. The van der Waals surface area contributed by atoms with Crippen molar-refractivity contribution in [3.8, 4) is 6.07 Å². The van der Waals surface area contributed by atoms with E-state index in [4.69, 9.17) is 14.6 Å². The molecule has 1 aromatic rings. The van der Waals surface area contributed by atoms with Gasteiger partial charge in [-0.25, -0.2) is 0 Å². The quantitative estimate of drug-likeness (QED) is 0.728. The molecule has 0 bridgehead atoms. The van der Waals surface area contributed by atoms with Crippen molar-refractivity contribution in [2.75, 3.05) is 0 Å². The van der Waals surface area contributed by atoms with Crippen molar-refractivity contribution >= 4 is 12.6 Å². The van der Waals surface area contributed by atoms with Gasteiger partial charge in [-0.2, -0.15) is 5.26 Å². The number of nitrogens with zero attached hydrogens (tertiary/aromatic N) is 1. The lowest BCUT2D eigenvalue weighted by Crippen LogP contribution is -2.42. The number of hydrogen-bond acceptors (Lipinski definition) is 3. The SMILES string of the molecule is CC(C)OB(OC(C)C)c1ccccc1C#N. The summed E-state index contributed by atoms with van der Waals surface area (Å²) in [5, 5.41) is 9.07. The third-order valence-corrected chi connectivity index (χ3v) is 2.13. The van der Waals surface area contributed by atoms with Crippen LogP contribution in [0.4, 0.5) is 0 Å². The summed E-state index contributed by atoms with van der Waals surface area (Å²) in [5.74, 6) is 0. The van der Waals surface area contributed by atoms with Gasteiger partial charge in [0.2, 0.25) is 0 Å². The lowest BCUT2D eigenvalue weighted by molar-refractivity contribution is 0.139. The first-order valence-corrected chi connectivity index (χ1v) is 5.84. The van der Waals surface area contributed by atoms with Gasteiger partial charge in [-0.3, -0.25) is 0 Å². The molecule has 0 atom stereocenters. The minimum absolute atomic E-state index is 0.0468. The fourth-order valence-electron chi connectivity index (χ4n) is 1.48. The largest absolute Gasteiger partial charge is 0.495 e. The van der Waals surface area contributed by atoms with Gasteiger partial charge in [-0.15, -0.1) is 0 Å². The van der Waals surface area contributed by atoms with Crippen LogP contribution in [-0.2, 0) is 9.31 Å². The fourth-order valence-corrected chi connectivity index (χ4v) is 1.48. The van der Waals surface area contributed by atoms with Crippen LogP contribution in [0, 0.1) is 11.3 Å². The summed E-state index contributed by atoms with van der Waals surface area (Å²) in [7, 11) is -0.481. The van der Waals surface area contributed by atoms with Crippen molar-refractivity contribution in [3.63, 3.8) is 0 Å². The Morgan fingerprint density at radius 1 is 1.06 bits per heavy atom. The second-order valence-corrected chi connectivity index (χ2v) is 4.40. The smallest absolute Gasteiger partial charge is 0.405 e. The summed E-state index contributed by atoms with van der Waals surface area (Å²) in [6.07, 6.45) is 0.0935. The highest BCUT2D eigenvalue weighted by Gasteiger charge is 2.26. The van der Waals surface area contributed by atoms with Crippen LogP contribution in [0.15, 0.2) is 24.3 Å². The standard InChI is InChI=1S/C13H18BNO2/c1-10(2)16-14(17-11(3)4)13-8-6-5-7-12(13)9-15/h5-8,10-11H,1-4H3. The van der Waals surface area contributed by atoms with E-state index in [1.165, 1.54) is 0 Å². The maximum atomic E-state index is 9.07. The van der Waals surface area contributed by atoms with Crippen LogP contribution in [0.1, 0.15) is 33.3 Å². The van der Waals surface area contributed by atoms with E-state index >= 15 is 0 Å². The molecule has 0 aromatic heterocycles. The van der Waals surface area contributed by atoms with Crippen LogP contribution < -0.4 is 5.46 Å².